The molecule has 5 heteroatoms. The van der Waals surface area contributed by atoms with Crippen LogP contribution in [0.15, 0.2) is 47.4 Å². The molecule has 21 heavy (non-hydrogen) atoms. The van der Waals surface area contributed by atoms with Gasteiger partial charge in [0.25, 0.3) is 0 Å². The van der Waals surface area contributed by atoms with Gasteiger partial charge in [-0.1, -0.05) is 35.9 Å². The van der Waals surface area contributed by atoms with Gasteiger partial charge in [-0.25, -0.2) is 4.39 Å². The van der Waals surface area contributed by atoms with Crippen molar-refractivity contribution in [3.8, 4) is 5.75 Å². The van der Waals surface area contributed by atoms with Crippen molar-refractivity contribution in [2.24, 2.45) is 0 Å². The average Bonchev–Trinajstić information content (AvgIpc) is 2.51. The third kappa shape index (κ3) is 3.18. The van der Waals surface area contributed by atoms with Crippen molar-refractivity contribution in [2.75, 3.05) is 5.75 Å². The highest BCUT2D eigenvalue weighted by molar-refractivity contribution is 7.99. The fourth-order valence-corrected chi connectivity index (χ4v) is 3.56. The summed E-state index contributed by atoms with van der Waals surface area (Å²) in [5.41, 5.74) is 0.594. The molecule has 110 valence electrons. The molecule has 3 rings (SSSR count). The molecule has 1 N–H and O–H groups in total. The summed E-state index contributed by atoms with van der Waals surface area (Å²) in [5.74, 6) is 0.972. The molecule has 0 spiro atoms. The summed E-state index contributed by atoms with van der Waals surface area (Å²) in [6.45, 7) is 0. The lowest BCUT2D eigenvalue weighted by Gasteiger charge is -2.29. The Morgan fingerprint density at radius 1 is 1.29 bits per heavy atom. The summed E-state index contributed by atoms with van der Waals surface area (Å²) in [4.78, 5) is 1.07. The molecular weight excluding hydrogens is 311 g/mol. The summed E-state index contributed by atoms with van der Waals surface area (Å²) in [5, 5.41) is 10.4. The number of ether oxygens (including phenoxy) is 1. The quantitative estimate of drug-likeness (QED) is 0.927. The number of rotatable bonds is 3. The topological polar surface area (TPSA) is 29.5 Å². The Morgan fingerprint density at radius 2 is 2.10 bits per heavy atom. The first-order valence-corrected chi connectivity index (χ1v) is 8.01. The fourth-order valence-electron chi connectivity index (χ4n) is 2.29. The molecule has 2 atom stereocenters. The summed E-state index contributed by atoms with van der Waals surface area (Å²) >= 11 is 7.58. The predicted octanol–water partition coefficient (Wildman–Crippen LogP) is 3.94. The third-order valence-corrected chi connectivity index (χ3v) is 4.99. The van der Waals surface area contributed by atoms with Crippen molar-refractivity contribution in [2.45, 2.75) is 23.5 Å². The van der Waals surface area contributed by atoms with Crippen LogP contribution >= 0.6 is 23.4 Å². The van der Waals surface area contributed by atoms with Gasteiger partial charge >= 0.3 is 0 Å². The first-order chi connectivity index (χ1) is 10.1. The zero-order valence-electron chi connectivity index (χ0n) is 11.1. The molecule has 0 aliphatic carbocycles. The Bertz CT molecular complexity index is 650. The van der Waals surface area contributed by atoms with Crippen molar-refractivity contribution in [1.82, 2.24) is 0 Å². The van der Waals surface area contributed by atoms with Gasteiger partial charge in [-0.15, -0.1) is 11.8 Å². The van der Waals surface area contributed by atoms with Crippen LogP contribution in [0.3, 0.4) is 0 Å². The highest BCUT2D eigenvalue weighted by atomic mass is 35.5. The molecule has 0 amide bonds. The second-order valence-electron chi connectivity index (χ2n) is 4.90. The van der Waals surface area contributed by atoms with Crippen molar-refractivity contribution in [3.05, 3.63) is 58.9 Å². The summed E-state index contributed by atoms with van der Waals surface area (Å²) < 4.78 is 19.2. The molecule has 0 aromatic heterocycles. The Morgan fingerprint density at radius 3 is 2.95 bits per heavy atom. The number of fused-ring (bicyclic) bond motifs is 1. The van der Waals surface area contributed by atoms with E-state index in [4.69, 9.17) is 16.3 Å². The molecule has 0 radical (unpaired) electrons. The predicted molar refractivity (Wildman–Crippen MR) is 82.7 cm³/mol. The highest BCUT2D eigenvalue weighted by Gasteiger charge is 2.27. The highest BCUT2D eigenvalue weighted by Crippen LogP contribution is 2.36. The number of para-hydroxylation sites is 1. The van der Waals surface area contributed by atoms with Gasteiger partial charge in [-0.2, -0.15) is 0 Å². The summed E-state index contributed by atoms with van der Waals surface area (Å²) in [6.07, 6.45) is -0.793. The zero-order chi connectivity index (χ0) is 14.8. The van der Waals surface area contributed by atoms with Gasteiger partial charge in [-0.05, 0) is 23.8 Å². The fraction of sp³-hybridized carbons (Fsp3) is 0.250. The largest absolute Gasteiger partial charge is 0.486 e. The molecule has 2 nitrogen and oxygen atoms in total. The van der Waals surface area contributed by atoms with Crippen LogP contribution in [0.25, 0.3) is 0 Å². The molecule has 2 aromatic carbocycles. The Hall–Kier alpha value is -1.23. The van der Waals surface area contributed by atoms with Gasteiger partial charge < -0.3 is 9.84 Å². The number of benzene rings is 2. The van der Waals surface area contributed by atoms with Crippen LogP contribution in [-0.2, 0) is 6.42 Å². The summed E-state index contributed by atoms with van der Waals surface area (Å²) in [6, 6.07) is 12.4. The molecule has 1 aliphatic rings. The maximum Gasteiger partial charge on any atom is 0.142 e. The van der Waals surface area contributed by atoms with Gasteiger partial charge in [0.15, 0.2) is 0 Å². The SMILES string of the molecule is OC(Cc1cccc(F)c1Cl)C1CSc2ccccc2O1. The van der Waals surface area contributed by atoms with Crippen LogP contribution in [0.5, 0.6) is 5.75 Å². The second kappa shape index (κ2) is 6.26. The second-order valence-corrected chi connectivity index (χ2v) is 6.34. The van der Waals surface area contributed by atoms with E-state index in [0.29, 0.717) is 11.3 Å². The van der Waals surface area contributed by atoms with E-state index >= 15 is 0 Å². The van der Waals surface area contributed by atoms with E-state index in [1.54, 1.807) is 23.9 Å². The molecule has 0 saturated heterocycles. The van der Waals surface area contributed by atoms with E-state index in [2.05, 4.69) is 0 Å². The minimum atomic E-state index is -0.731. The van der Waals surface area contributed by atoms with Crippen molar-refractivity contribution in [1.29, 1.82) is 0 Å². The van der Waals surface area contributed by atoms with E-state index in [1.165, 1.54) is 6.07 Å². The Balaban J connectivity index is 1.72. The van der Waals surface area contributed by atoms with Gasteiger partial charge in [0.05, 0.1) is 11.1 Å². The molecule has 0 bridgehead atoms. The third-order valence-electron chi connectivity index (χ3n) is 3.42. The lowest BCUT2D eigenvalue weighted by Crippen LogP contribution is -2.37. The van der Waals surface area contributed by atoms with Gasteiger partial charge in [0, 0.05) is 17.1 Å². The number of thioether (sulfide) groups is 1. The standard InChI is InChI=1S/C16H14ClFO2S/c17-16-10(4-3-5-11(16)18)8-12(19)14-9-21-15-7-2-1-6-13(15)20-14/h1-7,12,14,19H,8-9H2. The monoisotopic (exact) mass is 324 g/mol. The van der Waals surface area contributed by atoms with Crippen LogP contribution in [0, 0.1) is 5.82 Å². The lowest BCUT2D eigenvalue weighted by atomic mass is 10.0. The van der Waals surface area contributed by atoms with Crippen LogP contribution in [-0.4, -0.2) is 23.1 Å². The number of aliphatic hydroxyl groups excluding tert-OH is 1. The zero-order valence-corrected chi connectivity index (χ0v) is 12.7. The minimum Gasteiger partial charge on any atom is -0.486 e. The van der Waals surface area contributed by atoms with Gasteiger partial charge in [-0.3, -0.25) is 0 Å². The van der Waals surface area contributed by atoms with Crippen molar-refractivity contribution < 1.29 is 14.2 Å². The summed E-state index contributed by atoms with van der Waals surface area (Å²) in [7, 11) is 0. The van der Waals surface area contributed by atoms with E-state index in [0.717, 1.165) is 10.6 Å². The molecule has 0 fully saturated rings. The molecule has 2 aromatic rings. The maximum absolute atomic E-state index is 13.4. The van der Waals surface area contributed by atoms with Crippen molar-refractivity contribution >= 4 is 23.4 Å². The van der Waals surface area contributed by atoms with Crippen LogP contribution < -0.4 is 4.74 Å². The van der Waals surface area contributed by atoms with E-state index < -0.39 is 11.9 Å². The van der Waals surface area contributed by atoms with Crippen LogP contribution in [0.4, 0.5) is 4.39 Å². The first-order valence-electron chi connectivity index (χ1n) is 6.64. The first kappa shape index (κ1) is 14.7. The number of aliphatic hydroxyl groups is 1. The average molecular weight is 325 g/mol. The number of hydrogen-bond donors (Lipinski definition) is 1. The van der Waals surface area contributed by atoms with E-state index in [9.17, 15) is 9.50 Å². The lowest BCUT2D eigenvalue weighted by molar-refractivity contribution is 0.0468. The number of halogens is 2. The number of hydrogen-bond acceptors (Lipinski definition) is 3. The molecule has 1 heterocycles. The van der Waals surface area contributed by atoms with Crippen LogP contribution in [0.2, 0.25) is 5.02 Å². The van der Waals surface area contributed by atoms with Crippen LogP contribution in [0.1, 0.15) is 5.56 Å². The molecular formula is C16H14ClFO2S. The molecule has 2 unspecified atom stereocenters. The van der Waals surface area contributed by atoms with E-state index in [1.807, 2.05) is 24.3 Å². The minimum absolute atomic E-state index is 0.0698. The van der Waals surface area contributed by atoms with Crippen molar-refractivity contribution in [3.63, 3.8) is 0 Å². The molecule has 0 saturated carbocycles. The Labute approximate surface area is 131 Å². The Kier molecular flexibility index (Phi) is 4.38. The molecule has 1 aliphatic heterocycles. The normalized spacial score (nSPS) is 18.7. The maximum atomic E-state index is 13.4. The van der Waals surface area contributed by atoms with Gasteiger partial charge in [0.1, 0.15) is 17.7 Å². The smallest absolute Gasteiger partial charge is 0.142 e. The van der Waals surface area contributed by atoms with E-state index in [-0.39, 0.29) is 17.5 Å². The van der Waals surface area contributed by atoms with Gasteiger partial charge in [0.2, 0.25) is 0 Å².